The molecule has 0 saturated heterocycles. The third-order valence-electron chi connectivity index (χ3n) is 10.1. The van der Waals surface area contributed by atoms with Gasteiger partial charge in [-0.3, -0.25) is 38.5 Å². The summed E-state index contributed by atoms with van der Waals surface area (Å²) in [5.74, 6) is -9.27. The molecule has 1 saturated carbocycles. The number of halogens is 3. The molecular weight excluding hydrogens is 863 g/mol. The second-order valence-corrected chi connectivity index (χ2v) is 18.2. The van der Waals surface area contributed by atoms with E-state index >= 15 is 0 Å². The molecular formula is C39H53Cl3N8O9S. The van der Waals surface area contributed by atoms with Gasteiger partial charge in [-0.05, 0) is 49.1 Å². The van der Waals surface area contributed by atoms with Gasteiger partial charge >= 0.3 is 11.8 Å². The summed E-state index contributed by atoms with van der Waals surface area (Å²) in [5.41, 5.74) is 5.99. The molecule has 1 aliphatic rings. The maximum absolute atomic E-state index is 14.6. The predicted octanol–water partition coefficient (Wildman–Crippen LogP) is 4.08. The number of hydrogen-bond donors (Lipinski definition) is 5. The van der Waals surface area contributed by atoms with Crippen LogP contribution in [-0.2, 0) is 38.8 Å². The van der Waals surface area contributed by atoms with E-state index in [0.29, 0.717) is 19.3 Å². The van der Waals surface area contributed by atoms with Gasteiger partial charge in [-0.1, -0.05) is 108 Å². The maximum atomic E-state index is 14.6. The van der Waals surface area contributed by atoms with Crippen LogP contribution in [0, 0.1) is 17.8 Å². The van der Waals surface area contributed by atoms with Crippen LogP contribution >= 0.6 is 34.8 Å². The van der Waals surface area contributed by atoms with E-state index in [2.05, 4.69) is 25.9 Å². The van der Waals surface area contributed by atoms with Crippen molar-refractivity contribution in [3.8, 4) is 0 Å². The lowest BCUT2D eigenvalue weighted by atomic mass is 9.84. The highest BCUT2D eigenvalue weighted by atomic mass is 35.5. The molecule has 2 aromatic rings. The Hall–Kier alpha value is -4.23. The van der Waals surface area contributed by atoms with Crippen molar-refractivity contribution < 1.29 is 42.0 Å². The molecule has 0 spiro atoms. The van der Waals surface area contributed by atoms with Crippen molar-refractivity contribution in [1.82, 2.24) is 35.5 Å². The number of nitrogens with two attached hydrogens (primary N) is 1. The molecule has 3 rings (SSSR count). The van der Waals surface area contributed by atoms with E-state index < -0.39 is 97.8 Å². The smallest absolute Gasteiger partial charge is 0.326 e. The van der Waals surface area contributed by atoms with Crippen LogP contribution in [0.15, 0.2) is 35.6 Å². The van der Waals surface area contributed by atoms with Crippen LogP contribution in [0.2, 0.25) is 15.1 Å². The fourth-order valence-electron chi connectivity index (χ4n) is 6.53. The van der Waals surface area contributed by atoms with Gasteiger partial charge in [0.2, 0.25) is 17.7 Å². The summed E-state index contributed by atoms with van der Waals surface area (Å²) in [4.78, 5) is 104. The van der Waals surface area contributed by atoms with Gasteiger partial charge in [-0.25, -0.2) is 23.0 Å². The Kier molecular flexibility index (Phi) is 19.3. The molecule has 1 aliphatic carbocycles. The molecule has 0 bridgehead atoms. The summed E-state index contributed by atoms with van der Waals surface area (Å²) in [6, 6.07) is -3.02. The average Bonchev–Trinajstić information content (AvgIpc) is 3.20. The highest BCUT2D eigenvalue weighted by Crippen LogP contribution is 2.32. The second-order valence-electron chi connectivity index (χ2n) is 15.3. The minimum atomic E-state index is -4.93. The van der Waals surface area contributed by atoms with Crippen molar-refractivity contribution in [2.24, 2.45) is 23.5 Å². The van der Waals surface area contributed by atoms with E-state index in [1.54, 1.807) is 20.8 Å². The van der Waals surface area contributed by atoms with Crippen LogP contribution in [0.1, 0.15) is 109 Å². The summed E-state index contributed by atoms with van der Waals surface area (Å²) >= 11 is 18.0. The van der Waals surface area contributed by atoms with E-state index in [9.17, 15) is 42.0 Å². The predicted molar refractivity (Wildman–Crippen MR) is 224 cm³/mol. The van der Waals surface area contributed by atoms with Crippen molar-refractivity contribution in [2.45, 2.75) is 128 Å². The third-order valence-corrected chi connectivity index (χ3v) is 12.7. The Morgan fingerprint density at radius 3 is 2.08 bits per heavy atom. The van der Waals surface area contributed by atoms with Crippen LogP contribution < -0.4 is 26.4 Å². The molecule has 1 fully saturated rings. The molecule has 1 aromatic carbocycles. The van der Waals surface area contributed by atoms with Gasteiger partial charge in [0.15, 0.2) is 0 Å². The molecule has 7 amide bonds. The molecule has 0 aliphatic heterocycles. The fraction of sp³-hybridized carbons (Fsp3) is 0.564. The van der Waals surface area contributed by atoms with Crippen molar-refractivity contribution in [3.05, 3.63) is 51.5 Å². The Morgan fingerprint density at radius 2 is 1.50 bits per heavy atom. The van der Waals surface area contributed by atoms with Crippen molar-refractivity contribution in [1.29, 1.82) is 0 Å². The van der Waals surface area contributed by atoms with Gasteiger partial charge < -0.3 is 21.7 Å². The number of hydrogen-bond acceptors (Lipinski definition) is 12. The van der Waals surface area contributed by atoms with Crippen LogP contribution in [0.3, 0.4) is 0 Å². The third kappa shape index (κ3) is 14.2. The molecule has 17 nitrogen and oxygen atoms in total. The zero-order valence-electron chi connectivity index (χ0n) is 34.1. The van der Waals surface area contributed by atoms with E-state index in [-0.39, 0.29) is 51.7 Å². The Bertz CT molecular complexity index is 2000. The van der Waals surface area contributed by atoms with Crippen LogP contribution in [-0.4, -0.2) is 88.8 Å². The van der Waals surface area contributed by atoms with Gasteiger partial charge in [0.05, 0.1) is 21.3 Å². The molecule has 1 heterocycles. The van der Waals surface area contributed by atoms with Crippen LogP contribution in [0.4, 0.5) is 0 Å². The molecule has 5 atom stereocenters. The number of sulfonamides is 1. The van der Waals surface area contributed by atoms with E-state index in [1.165, 1.54) is 23.3 Å². The molecule has 21 heteroatoms. The SMILES string of the molecule is CC[C@H](N)CC(=O)N(C(=O)C(=O)NS(=O)(=O)c1cc(Cl)c(Cl)cc1Cl)C(=O)[C@H](CC1CCCCC1)NC(=O)[C@@H](NC(=O)[C@H](CC(C)C)NC(=O)c1cnccn1)[C@@H](C)CC. The molecule has 6 N–H and O–H groups in total. The molecule has 0 unspecified atom stereocenters. The van der Waals surface area contributed by atoms with Crippen molar-refractivity contribution >= 4 is 86.2 Å². The Labute approximate surface area is 365 Å². The summed E-state index contributed by atoms with van der Waals surface area (Å²) in [6.07, 6.45) is 7.93. The number of amides is 7. The van der Waals surface area contributed by atoms with Gasteiger partial charge in [0.1, 0.15) is 28.7 Å². The molecule has 0 radical (unpaired) electrons. The lowest BCUT2D eigenvalue weighted by Gasteiger charge is -2.32. The first-order chi connectivity index (χ1) is 28.2. The number of rotatable bonds is 18. The zero-order valence-corrected chi connectivity index (χ0v) is 37.2. The largest absolute Gasteiger partial charge is 0.342 e. The van der Waals surface area contributed by atoms with Crippen LogP contribution in [0.5, 0.6) is 0 Å². The first-order valence-electron chi connectivity index (χ1n) is 19.8. The summed E-state index contributed by atoms with van der Waals surface area (Å²) < 4.78 is 28.0. The number of imide groups is 3. The first kappa shape index (κ1) is 50.1. The quantitative estimate of drug-likeness (QED) is 0.105. The lowest BCUT2D eigenvalue weighted by Crippen LogP contribution is -2.61. The summed E-state index contributed by atoms with van der Waals surface area (Å²) in [7, 11) is -4.93. The topological polar surface area (TPSA) is 257 Å². The van der Waals surface area contributed by atoms with E-state index in [0.717, 1.165) is 31.4 Å². The number of benzene rings is 1. The molecule has 330 valence electrons. The Morgan fingerprint density at radius 1 is 0.850 bits per heavy atom. The monoisotopic (exact) mass is 914 g/mol. The van der Waals surface area contributed by atoms with Crippen LogP contribution in [0.25, 0.3) is 0 Å². The van der Waals surface area contributed by atoms with E-state index in [1.807, 2.05) is 13.8 Å². The van der Waals surface area contributed by atoms with Gasteiger partial charge in [0.25, 0.3) is 21.8 Å². The summed E-state index contributed by atoms with van der Waals surface area (Å²) in [6.45, 7) is 8.80. The second kappa shape index (κ2) is 23.1. The normalized spacial score (nSPS) is 15.8. The van der Waals surface area contributed by atoms with Crippen molar-refractivity contribution in [3.63, 3.8) is 0 Å². The fourth-order valence-corrected chi connectivity index (χ4v) is 8.48. The average molecular weight is 916 g/mol. The molecule has 60 heavy (non-hydrogen) atoms. The first-order valence-corrected chi connectivity index (χ1v) is 22.4. The highest BCUT2D eigenvalue weighted by molar-refractivity contribution is 7.90. The number of nitrogens with zero attached hydrogens (tertiary/aromatic N) is 3. The zero-order chi connectivity index (χ0) is 44.9. The van der Waals surface area contributed by atoms with Gasteiger partial charge in [-0.15, -0.1) is 0 Å². The van der Waals surface area contributed by atoms with Gasteiger partial charge in [-0.2, -0.15) is 0 Å². The minimum absolute atomic E-state index is 0.00209. The van der Waals surface area contributed by atoms with Crippen molar-refractivity contribution in [2.75, 3.05) is 0 Å². The minimum Gasteiger partial charge on any atom is -0.342 e. The number of nitrogens with one attached hydrogen (secondary N) is 4. The maximum Gasteiger partial charge on any atom is 0.326 e. The number of aromatic nitrogens is 2. The number of carbonyl (C=O) groups excluding carboxylic acids is 7. The Balaban J connectivity index is 2.00. The highest BCUT2D eigenvalue weighted by Gasteiger charge is 2.42. The van der Waals surface area contributed by atoms with E-state index in [4.69, 9.17) is 40.5 Å². The van der Waals surface area contributed by atoms with Gasteiger partial charge in [0, 0.05) is 24.9 Å². The summed E-state index contributed by atoms with van der Waals surface area (Å²) in [5, 5.41) is 7.23. The lowest BCUT2D eigenvalue weighted by molar-refractivity contribution is -0.160. The standard InChI is InChI=1S/C39H53Cl3N8O9S/c1-6-22(5)33(48-34(52)28(15-21(3)4)46-35(53)30-20-44-13-14-45-30)36(54)47-29(16-23-11-9-8-10-12-23)38(56)50(32(51)17-24(43)7-2)39(57)37(55)49-60(58,59)31-19-26(41)25(40)18-27(31)42/h13-14,18-24,28-29,33H,6-12,15-17,43H2,1-5H3,(H,46,53)(H,47,54)(H,48,52)(H,49,55)/t22-,24-,28-,29-,33-/m0/s1. The number of carbonyl (C=O) groups is 7. The molecule has 1 aromatic heterocycles.